The van der Waals surface area contributed by atoms with E-state index in [1.807, 2.05) is 0 Å². The van der Waals surface area contributed by atoms with Gasteiger partial charge < -0.3 is 0 Å². The van der Waals surface area contributed by atoms with Gasteiger partial charge in [-0.05, 0) is 152 Å². The predicted molar refractivity (Wildman–Crippen MR) is 236 cm³/mol. The Morgan fingerprint density at radius 3 is 1.33 bits per heavy atom. The van der Waals surface area contributed by atoms with Crippen molar-refractivity contribution in [3.05, 3.63) is 205 Å². The number of benzene rings is 10. The Labute approximate surface area is 322 Å². The molecule has 0 amide bonds. The maximum absolute atomic E-state index is 2.44. The van der Waals surface area contributed by atoms with Crippen molar-refractivity contribution in [3.63, 3.8) is 0 Å². The lowest BCUT2D eigenvalue weighted by Crippen LogP contribution is -2.15. The first-order valence-electron chi connectivity index (χ1n) is 19.3. The molecule has 0 spiro atoms. The van der Waals surface area contributed by atoms with Gasteiger partial charge in [-0.2, -0.15) is 0 Å². The van der Waals surface area contributed by atoms with Gasteiger partial charge in [0, 0.05) is 5.41 Å². The molecule has 0 heteroatoms. The van der Waals surface area contributed by atoms with Crippen LogP contribution in [0.2, 0.25) is 0 Å². The van der Waals surface area contributed by atoms with E-state index in [1.54, 1.807) is 0 Å². The molecule has 0 saturated heterocycles. The van der Waals surface area contributed by atoms with E-state index in [-0.39, 0.29) is 5.41 Å². The second kappa shape index (κ2) is 12.1. The third-order valence-corrected chi connectivity index (χ3v) is 12.2. The van der Waals surface area contributed by atoms with Gasteiger partial charge in [-0.3, -0.25) is 0 Å². The minimum Gasteiger partial charge on any atom is -0.0616 e. The molecule has 0 fully saturated rings. The van der Waals surface area contributed by atoms with E-state index in [4.69, 9.17) is 0 Å². The van der Waals surface area contributed by atoms with Crippen molar-refractivity contribution in [3.8, 4) is 55.6 Å². The van der Waals surface area contributed by atoms with Crippen molar-refractivity contribution in [2.24, 2.45) is 0 Å². The molecule has 0 aromatic heterocycles. The molecule has 0 bridgehead atoms. The topological polar surface area (TPSA) is 0 Å². The fraction of sp³-hybridized carbons (Fsp3) is 0.0545. The third kappa shape index (κ3) is 5.13. The first kappa shape index (κ1) is 31.7. The van der Waals surface area contributed by atoms with Crippen LogP contribution >= 0.6 is 0 Å². The Hall–Kier alpha value is -6.76. The van der Waals surface area contributed by atoms with Crippen molar-refractivity contribution < 1.29 is 0 Å². The van der Waals surface area contributed by atoms with Gasteiger partial charge in [-0.25, -0.2) is 0 Å². The zero-order valence-electron chi connectivity index (χ0n) is 31.0. The van der Waals surface area contributed by atoms with Crippen LogP contribution in [0, 0.1) is 0 Å². The summed E-state index contributed by atoms with van der Waals surface area (Å²) in [6.45, 7) is 4.77. The average molecular weight is 699 g/mol. The second-order valence-corrected chi connectivity index (χ2v) is 15.8. The zero-order chi connectivity index (χ0) is 36.7. The van der Waals surface area contributed by atoms with E-state index < -0.39 is 0 Å². The van der Waals surface area contributed by atoms with Crippen molar-refractivity contribution in [1.29, 1.82) is 0 Å². The molecule has 1 aliphatic rings. The van der Waals surface area contributed by atoms with Crippen molar-refractivity contribution >= 4 is 43.1 Å². The predicted octanol–water partition coefficient (Wildman–Crippen LogP) is 15.3. The standard InChI is InChI=1S/C55H38/c1-55(2)53-33-43(37-13-9-14-45(31-37)52-32-46-12-5-6-15-47(46)48-16-7-8-17-49(48)52)24-26-50(53)51-27-25-44(34-54(51)55)42-23-22-40-29-39(20-21-41(40)30-42)38-19-18-35-10-3-4-11-36(35)28-38/h3-34H,1-2H3. The summed E-state index contributed by atoms with van der Waals surface area (Å²) in [5.41, 5.74) is 15.3. The van der Waals surface area contributed by atoms with Crippen LogP contribution in [0.3, 0.4) is 0 Å². The van der Waals surface area contributed by atoms with E-state index in [0.717, 1.165) is 0 Å². The molecular formula is C55H38. The maximum atomic E-state index is 2.44. The Balaban J connectivity index is 0.924. The van der Waals surface area contributed by atoms with Gasteiger partial charge in [0.1, 0.15) is 0 Å². The fourth-order valence-electron chi connectivity index (χ4n) is 9.23. The largest absolute Gasteiger partial charge is 0.0616 e. The summed E-state index contributed by atoms with van der Waals surface area (Å²) in [5, 5.41) is 10.2. The van der Waals surface area contributed by atoms with Gasteiger partial charge in [0.05, 0.1) is 0 Å². The van der Waals surface area contributed by atoms with Crippen molar-refractivity contribution in [2.75, 3.05) is 0 Å². The molecule has 10 aromatic carbocycles. The quantitative estimate of drug-likeness (QED) is 0.161. The summed E-state index contributed by atoms with van der Waals surface area (Å²) in [5.74, 6) is 0. The second-order valence-electron chi connectivity index (χ2n) is 15.8. The molecule has 1 aliphatic carbocycles. The molecule has 0 nitrogen and oxygen atoms in total. The minimum absolute atomic E-state index is 0.131. The number of fused-ring (bicyclic) bond motifs is 8. The SMILES string of the molecule is CC1(C)c2cc(-c3cccc(-c4cc5ccccc5c5ccccc45)c3)ccc2-c2ccc(-c3ccc4cc(-c5ccc6ccccc6c5)ccc4c3)cc21. The Bertz CT molecular complexity index is 3180. The molecule has 0 N–H and O–H groups in total. The highest BCUT2D eigenvalue weighted by atomic mass is 14.4. The molecule has 0 saturated carbocycles. The maximum Gasteiger partial charge on any atom is 0.0159 e. The third-order valence-electron chi connectivity index (χ3n) is 12.2. The minimum atomic E-state index is -0.131. The van der Waals surface area contributed by atoms with Crippen LogP contribution in [0.5, 0.6) is 0 Å². The van der Waals surface area contributed by atoms with Gasteiger partial charge in [0.25, 0.3) is 0 Å². The van der Waals surface area contributed by atoms with Crippen LogP contribution in [-0.4, -0.2) is 0 Å². The molecule has 0 aliphatic heterocycles. The molecule has 0 heterocycles. The highest BCUT2D eigenvalue weighted by molar-refractivity contribution is 6.14. The molecule has 10 aromatic rings. The lowest BCUT2D eigenvalue weighted by atomic mass is 9.80. The first-order chi connectivity index (χ1) is 27.0. The summed E-state index contributed by atoms with van der Waals surface area (Å²) < 4.78 is 0. The summed E-state index contributed by atoms with van der Waals surface area (Å²) in [6, 6.07) is 72.2. The lowest BCUT2D eigenvalue weighted by molar-refractivity contribution is 0.661. The molecule has 0 radical (unpaired) electrons. The van der Waals surface area contributed by atoms with Crippen LogP contribution in [0.4, 0.5) is 0 Å². The number of hydrogen-bond donors (Lipinski definition) is 0. The van der Waals surface area contributed by atoms with Crippen molar-refractivity contribution in [1.82, 2.24) is 0 Å². The van der Waals surface area contributed by atoms with E-state index in [1.165, 1.54) is 110 Å². The van der Waals surface area contributed by atoms with Crippen LogP contribution in [0.15, 0.2) is 194 Å². The van der Waals surface area contributed by atoms with Gasteiger partial charge >= 0.3 is 0 Å². The zero-order valence-corrected chi connectivity index (χ0v) is 31.0. The van der Waals surface area contributed by atoms with E-state index in [2.05, 4.69) is 208 Å². The molecule has 11 rings (SSSR count). The lowest BCUT2D eigenvalue weighted by Gasteiger charge is -2.23. The summed E-state index contributed by atoms with van der Waals surface area (Å²) in [4.78, 5) is 0. The van der Waals surface area contributed by atoms with Crippen molar-refractivity contribution in [2.45, 2.75) is 19.3 Å². The fourth-order valence-corrected chi connectivity index (χ4v) is 9.23. The summed E-state index contributed by atoms with van der Waals surface area (Å²) in [6.07, 6.45) is 0. The van der Waals surface area contributed by atoms with Gasteiger partial charge in [0.15, 0.2) is 0 Å². The van der Waals surface area contributed by atoms with E-state index >= 15 is 0 Å². The Kier molecular flexibility index (Phi) is 7.00. The van der Waals surface area contributed by atoms with Gasteiger partial charge in [-0.15, -0.1) is 0 Å². The number of hydrogen-bond acceptors (Lipinski definition) is 0. The summed E-state index contributed by atoms with van der Waals surface area (Å²) >= 11 is 0. The number of rotatable bonds is 4. The van der Waals surface area contributed by atoms with E-state index in [9.17, 15) is 0 Å². The Morgan fingerprint density at radius 2 is 0.691 bits per heavy atom. The highest BCUT2D eigenvalue weighted by Crippen LogP contribution is 2.51. The first-order valence-corrected chi connectivity index (χ1v) is 19.3. The molecule has 55 heavy (non-hydrogen) atoms. The normalized spacial score (nSPS) is 13.1. The monoisotopic (exact) mass is 698 g/mol. The smallest absolute Gasteiger partial charge is 0.0159 e. The molecule has 0 unspecified atom stereocenters. The van der Waals surface area contributed by atoms with E-state index in [0.29, 0.717) is 0 Å². The highest BCUT2D eigenvalue weighted by Gasteiger charge is 2.36. The molecule has 0 atom stereocenters. The molecular weight excluding hydrogens is 661 g/mol. The van der Waals surface area contributed by atoms with Gasteiger partial charge in [0.2, 0.25) is 0 Å². The van der Waals surface area contributed by atoms with Crippen LogP contribution in [-0.2, 0) is 5.41 Å². The van der Waals surface area contributed by atoms with Gasteiger partial charge in [-0.1, -0.05) is 166 Å². The Morgan fingerprint density at radius 1 is 0.255 bits per heavy atom. The van der Waals surface area contributed by atoms with Crippen LogP contribution in [0.25, 0.3) is 98.7 Å². The van der Waals surface area contributed by atoms with Crippen LogP contribution < -0.4 is 0 Å². The summed E-state index contributed by atoms with van der Waals surface area (Å²) in [7, 11) is 0. The average Bonchev–Trinajstić information content (AvgIpc) is 3.47. The van der Waals surface area contributed by atoms with Crippen LogP contribution in [0.1, 0.15) is 25.0 Å². The molecule has 258 valence electrons.